The van der Waals surface area contributed by atoms with Crippen LogP contribution in [0.15, 0.2) is 97.1 Å². The molecule has 0 bridgehead atoms. The van der Waals surface area contributed by atoms with Crippen LogP contribution >= 0.6 is 0 Å². The fourth-order valence-corrected chi connectivity index (χ4v) is 4.91. The van der Waals surface area contributed by atoms with E-state index in [0.717, 1.165) is 64.2 Å². The smallest absolute Gasteiger partial charge is 0.352 e. The summed E-state index contributed by atoms with van der Waals surface area (Å²) in [4.78, 5) is 15.2. The van der Waals surface area contributed by atoms with E-state index < -0.39 is 5.97 Å². The van der Waals surface area contributed by atoms with Crippen molar-refractivity contribution < 1.29 is 14.6 Å². The summed E-state index contributed by atoms with van der Waals surface area (Å²) in [7, 11) is 0. The summed E-state index contributed by atoms with van der Waals surface area (Å²) in [5.41, 5.74) is 4.35. The van der Waals surface area contributed by atoms with E-state index in [1.54, 1.807) is 0 Å². The molecule has 0 aliphatic carbocycles. The molecule has 2 N–H and O–H groups in total. The van der Waals surface area contributed by atoms with Crippen LogP contribution in [0.4, 0.5) is 0 Å². The van der Waals surface area contributed by atoms with Gasteiger partial charge in [0.1, 0.15) is 11.4 Å². The number of unbranched alkanes of at least 4 members (excludes halogenated alkanes) is 1. The van der Waals surface area contributed by atoms with Crippen LogP contribution in [0.2, 0.25) is 0 Å². The highest BCUT2D eigenvalue weighted by molar-refractivity contribution is 6.00. The van der Waals surface area contributed by atoms with Gasteiger partial charge in [0, 0.05) is 10.8 Å². The summed E-state index contributed by atoms with van der Waals surface area (Å²) in [6.07, 6.45) is 8.71. The summed E-state index contributed by atoms with van der Waals surface area (Å²) in [5.74, 6) is -0.0749. The van der Waals surface area contributed by atoms with Crippen molar-refractivity contribution in [3.05, 3.63) is 119 Å². The number of aromatic nitrogens is 1. The molecule has 0 amide bonds. The van der Waals surface area contributed by atoms with E-state index in [-0.39, 0.29) is 5.69 Å². The van der Waals surface area contributed by atoms with E-state index in [4.69, 9.17) is 4.74 Å². The highest BCUT2D eigenvalue weighted by Gasteiger charge is 2.18. The number of hydrogen-bond acceptors (Lipinski definition) is 2. The Kier molecular flexibility index (Phi) is 7.66. The quantitative estimate of drug-likeness (QED) is 0.184. The van der Waals surface area contributed by atoms with Gasteiger partial charge in [-0.2, -0.15) is 0 Å². The minimum atomic E-state index is -0.932. The third-order valence-electron chi connectivity index (χ3n) is 6.74. The maximum Gasteiger partial charge on any atom is 0.352 e. The average Bonchev–Trinajstić information content (AvgIpc) is 3.31. The van der Waals surface area contributed by atoms with Crippen molar-refractivity contribution in [3.63, 3.8) is 0 Å². The van der Waals surface area contributed by atoms with Crippen LogP contribution in [0.25, 0.3) is 27.8 Å². The lowest BCUT2D eigenvalue weighted by Crippen LogP contribution is -2.04. The molecule has 0 fully saturated rings. The molecule has 4 heteroatoms. The van der Waals surface area contributed by atoms with Crippen molar-refractivity contribution in [1.82, 2.24) is 4.98 Å². The number of carbonyl (C=O) groups is 1. The first-order valence-electron chi connectivity index (χ1n) is 12.9. The van der Waals surface area contributed by atoms with Crippen molar-refractivity contribution in [2.75, 3.05) is 6.61 Å². The average molecular weight is 490 g/mol. The van der Waals surface area contributed by atoms with Gasteiger partial charge < -0.3 is 14.8 Å². The zero-order chi connectivity index (χ0) is 25.5. The minimum Gasteiger partial charge on any atom is -0.493 e. The van der Waals surface area contributed by atoms with Crippen molar-refractivity contribution in [3.8, 4) is 5.75 Å². The van der Waals surface area contributed by atoms with Crippen LogP contribution in [-0.2, 0) is 12.8 Å². The predicted octanol–water partition coefficient (Wildman–Crippen LogP) is 8.07. The molecule has 1 heterocycles. The summed E-state index contributed by atoms with van der Waals surface area (Å²) in [5, 5.41) is 13.1. The number of aromatic carboxylic acids is 1. The number of hydrogen-bond donors (Lipinski definition) is 2. The number of carboxylic acid groups (broad SMARTS) is 1. The standard InChI is InChI=1S/C33H31NO3/c35-33(36)32-29(21-11-23-37-30-22-10-17-25-15-7-8-19-27(25)30)28-20-9-18-26(31(28)34-32)16-6-2-5-14-24-12-3-1-4-13-24/h1,3-4,6-10,12-13,15-20,22,34H,2,5,11,14,21,23H2,(H,35,36)/b16-6+. The van der Waals surface area contributed by atoms with E-state index in [9.17, 15) is 9.90 Å². The molecule has 0 aliphatic heterocycles. The molecule has 4 aromatic carbocycles. The minimum absolute atomic E-state index is 0.269. The predicted molar refractivity (Wildman–Crippen MR) is 151 cm³/mol. The molecule has 0 unspecified atom stereocenters. The number of para-hydroxylation sites is 1. The van der Waals surface area contributed by atoms with E-state index in [1.165, 1.54) is 5.56 Å². The monoisotopic (exact) mass is 489 g/mol. The van der Waals surface area contributed by atoms with E-state index >= 15 is 0 Å². The summed E-state index contributed by atoms with van der Waals surface area (Å²) >= 11 is 0. The Morgan fingerprint density at radius 2 is 1.57 bits per heavy atom. The maximum atomic E-state index is 12.1. The lowest BCUT2D eigenvalue weighted by molar-refractivity contribution is 0.0690. The van der Waals surface area contributed by atoms with Gasteiger partial charge in [-0.15, -0.1) is 0 Å². The van der Waals surface area contributed by atoms with Gasteiger partial charge in [-0.1, -0.05) is 97.1 Å². The Morgan fingerprint density at radius 3 is 2.43 bits per heavy atom. The molecule has 0 aliphatic rings. The largest absolute Gasteiger partial charge is 0.493 e. The van der Waals surface area contributed by atoms with Crippen molar-refractivity contribution in [2.24, 2.45) is 0 Å². The molecule has 0 saturated heterocycles. The second-order valence-corrected chi connectivity index (χ2v) is 9.26. The molecule has 0 radical (unpaired) electrons. The molecule has 5 aromatic rings. The summed E-state index contributed by atoms with van der Waals surface area (Å²) in [6, 6.07) is 30.8. The zero-order valence-electron chi connectivity index (χ0n) is 20.8. The molecule has 0 atom stereocenters. The number of rotatable bonds is 11. The highest BCUT2D eigenvalue weighted by Crippen LogP contribution is 2.29. The van der Waals surface area contributed by atoms with Gasteiger partial charge in [-0.05, 0) is 60.2 Å². The number of aromatic amines is 1. The Hall–Kier alpha value is -4.31. The molecule has 0 saturated carbocycles. The number of ether oxygens (including phenoxy) is 1. The first kappa shape index (κ1) is 24.4. The van der Waals surface area contributed by atoms with Gasteiger partial charge in [0.25, 0.3) is 0 Å². The van der Waals surface area contributed by atoms with E-state index in [1.807, 2.05) is 48.5 Å². The first-order valence-corrected chi connectivity index (χ1v) is 12.9. The molecular weight excluding hydrogens is 458 g/mol. The lowest BCUT2D eigenvalue weighted by atomic mass is 10.0. The first-order chi connectivity index (χ1) is 18.2. The molecule has 37 heavy (non-hydrogen) atoms. The lowest BCUT2D eigenvalue weighted by Gasteiger charge is -2.09. The molecule has 5 rings (SSSR count). The Bertz CT molecular complexity index is 1530. The summed E-state index contributed by atoms with van der Waals surface area (Å²) in [6.45, 7) is 0.515. The fourth-order valence-electron chi connectivity index (χ4n) is 4.91. The van der Waals surface area contributed by atoms with Crippen LogP contribution in [0.1, 0.15) is 46.4 Å². The zero-order valence-corrected chi connectivity index (χ0v) is 20.8. The van der Waals surface area contributed by atoms with Gasteiger partial charge in [0.05, 0.1) is 12.1 Å². The third kappa shape index (κ3) is 5.75. The summed E-state index contributed by atoms with van der Waals surface area (Å²) < 4.78 is 6.09. The van der Waals surface area contributed by atoms with Crippen molar-refractivity contribution in [2.45, 2.75) is 32.1 Å². The van der Waals surface area contributed by atoms with Gasteiger partial charge in [0.15, 0.2) is 0 Å². The van der Waals surface area contributed by atoms with Crippen LogP contribution in [0.3, 0.4) is 0 Å². The Balaban J connectivity index is 1.26. The molecule has 0 spiro atoms. The number of benzene rings is 4. The number of H-pyrrole nitrogens is 1. The number of aryl methyl sites for hydroxylation is 2. The number of allylic oxidation sites excluding steroid dienone is 1. The number of fused-ring (bicyclic) bond motifs is 2. The van der Waals surface area contributed by atoms with Gasteiger partial charge in [0.2, 0.25) is 0 Å². The van der Waals surface area contributed by atoms with Crippen molar-refractivity contribution >= 4 is 33.7 Å². The van der Waals surface area contributed by atoms with E-state index in [0.29, 0.717) is 13.0 Å². The van der Waals surface area contributed by atoms with Gasteiger partial charge in [-0.3, -0.25) is 0 Å². The van der Waals surface area contributed by atoms with Crippen LogP contribution in [0.5, 0.6) is 5.75 Å². The van der Waals surface area contributed by atoms with Crippen LogP contribution < -0.4 is 4.74 Å². The van der Waals surface area contributed by atoms with E-state index in [2.05, 4.69) is 59.6 Å². The maximum absolute atomic E-state index is 12.1. The number of carboxylic acids is 1. The Morgan fingerprint density at radius 1 is 0.811 bits per heavy atom. The van der Waals surface area contributed by atoms with Gasteiger partial charge in [-0.25, -0.2) is 4.79 Å². The molecule has 186 valence electrons. The SMILES string of the molecule is O=C(O)c1[nH]c2c(/C=C/CCCc3ccccc3)cccc2c1CCCOc1cccc2ccccc12. The number of nitrogens with one attached hydrogen (secondary N) is 1. The normalized spacial score (nSPS) is 11.5. The van der Waals surface area contributed by atoms with Crippen molar-refractivity contribution in [1.29, 1.82) is 0 Å². The molecular formula is C33H31NO3. The highest BCUT2D eigenvalue weighted by atomic mass is 16.5. The second kappa shape index (κ2) is 11.6. The topological polar surface area (TPSA) is 62.3 Å². The van der Waals surface area contributed by atoms with Gasteiger partial charge >= 0.3 is 5.97 Å². The molecule has 1 aromatic heterocycles. The van der Waals surface area contributed by atoms with Crippen LogP contribution in [0, 0.1) is 0 Å². The Labute approximate surface area is 217 Å². The second-order valence-electron chi connectivity index (χ2n) is 9.26. The fraction of sp³-hybridized carbons (Fsp3) is 0.182. The van der Waals surface area contributed by atoms with Crippen LogP contribution in [-0.4, -0.2) is 22.7 Å². The molecule has 4 nitrogen and oxygen atoms in total. The third-order valence-corrected chi connectivity index (χ3v) is 6.74.